The predicted octanol–water partition coefficient (Wildman–Crippen LogP) is 6.01. The fourth-order valence-corrected chi connectivity index (χ4v) is 9.31. The van der Waals surface area contributed by atoms with Crippen LogP contribution in [0.1, 0.15) is 82.4 Å². The summed E-state index contributed by atoms with van der Waals surface area (Å²) in [7, 11) is -8.28. The maximum absolute atomic E-state index is 13.2. The van der Waals surface area contributed by atoms with Gasteiger partial charge in [0.25, 0.3) is 20.2 Å². The second-order valence-electron chi connectivity index (χ2n) is 16.9. The number of amides is 1. The lowest BCUT2D eigenvalue weighted by Crippen LogP contribution is -2.68. The Morgan fingerprint density at radius 3 is 1.76 bits per heavy atom. The first-order chi connectivity index (χ1) is 31.6. The predicted molar refractivity (Wildman–Crippen MR) is 245 cm³/mol. The lowest BCUT2D eigenvalue weighted by molar-refractivity contribution is -0.305. The molecule has 1 aliphatic heterocycles. The van der Waals surface area contributed by atoms with Crippen molar-refractivity contribution in [1.29, 1.82) is 0 Å². The summed E-state index contributed by atoms with van der Waals surface area (Å²) < 4.78 is 108. The van der Waals surface area contributed by atoms with Gasteiger partial charge in [0.1, 0.15) is 36.6 Å². The number of hydrogen-bond acceptors (Lipinski definition) is 15. The van der Waals surface area contributed by atoms with Crippen molar-refractivity contribution in [2.45, 2.75) is 141 Å². The van der Waals surface area contributed by atoms with Crippen molar-refractivity contribution in [1.82, 2.24) is 5.32 Å². The molecule has 18 heteroatoms. The van der Waals surface area contributed by atoms with E-state index in [2.05, 4.69) is 12.2 Å². The summed E-state index contributed by atoms with van der Waals surface area (Å²) in [5, 5.41) is 3.00. The quantitative estimate of drug-likeness (QED) is 0.0530. The highest BCUT2D eigenvalue weighted by atomic mass is 32.2. The van der Waals surface area contributed by atoms with Crippen molar-refractivity contribution in [3.63, 3.8) is 0 Å². The van der Waals surface area contributed by atoms with Gasteiger partial charge in [-0.15, -0.1) is 0 Å². The Hall–Kier alpha value is -3.82. The number of carbonyl (C=O) groups excluding carboxylic acids is 2. The van der Waals surface area contributed by atoms with E-state index >= 15 is 0 Å². The second kappa shape index (κ2) is 26.7. The molecule has 1 amide bonds. The van der Waals surface area contributed by atoms with E-state index in [1.54, 1.807) is 24.3 Å². The molecular formula is C48H67NO15S2. The van der Waals surface area contributed by atoms with E-state index in [1.165, 1.54) is 13.8 Å². The zero-order valence-electron chi connectivity index (χ0n) is 38.6. The molecule has 2 fully saturated rings. The van der Waals surface area contributed by atoms with Crippen LogP contribution < -0.4 is 5.32 Å². The van der Waals surface area contributed by atoms with Crippen molar-refractivity contribution in [3.05, 3.63) is 108 Å². The van der Waals surface area contributed by atoms with Gasteiger partial charge >= 0.3 is 5.97 Å². The fraction of sp³-hybridized carbons (Fsp3) is 0.583. The molecule has 0 bridgehead atoms. The SMILES string of the molecule is CCCCCCCCO[C@@H]1O[C@H](COCc2ccccc2)[C@@H](OCc2ccccc2)[C@H](O[C@@H]2C[C@H](COS(C)(=O)=O)[C@@H](OS(C)(=O)=O)[C@H](OCc3ccccc3)[C@H]2OC(C)=O)[C@H]1NC(C)=O. The molecule has 16 nitrogen and oxygen atoms in total. The Bertz CT molecular complexity index is 2110. The Morgan fingerprint density at radius 1 is 0.652 bits per heavy atom. The third-order valence-corrected chi connectivity index (χ3v) is 12.3. The highest BCUT2D eigenvalue weighted by molar-refractivity contribution is 7.86. The van der Waals surface area contributed by atoms with Gasteiger partial charge < -0.3 is 38.5 Å². The maximum Gasteiger partial charge on any atom is 0.303 e. The van der Waals surface area contributed by atoms with Gasteiger partial charge in [-0.05, 0) is 29.5 Å². The molecule has 1 heterocycles. The van der Waals surface area contributed by atoms with Crippen LogP contribution in [0.5, 0.6) is 0 Å². The Balaban J connectivity index is 1.59. The Labute approximate surface area is 390 Å². The molecule has 5 rings (SSSR count). The number of esters is 1. The van der Waals surface area contributed by atoms with E-state index < -0.39 is 99.7 Å². The number of benzene rings is 3. The maximum atomic E-state index is 13.2. The monoisotopic (exact) mass is 961 g/mol. The van der Waals surface area contributed by atoms with Gasteiger partial charge in [-0.2, -0.15) is 16.8 Å². The third kappa shape index (κ3) is 18.0. The van der Waals surface area contributed by atoms with Gasteiger partial charge in [0.2, 0.25) is 5.91 Å². The summed E-state index contributed by atoms with van der Waals surface area (Å²) in [6.45, 7) is 4.75. The van der Waals surface area contributed by atoms with Crippen molar-refractivity contribution >= 4 is 32.1 Å². The van der Waals surface area contributed by atoms with E-state index in [0.29, 0.717) is 12.2 Å². The average molecular weight is 962 g/mol. The first-order valence-electron chi connectivity index (χ1n) is 22.6. The van der Waals surface area contributed by atoms with E-state index in [1.807, 2.05) is 66.7 Å². The lowest BCUT2D eigenvalue weighted by atomic mass is 9.80. The van der Waals surface area contributed by atoms with Gasteiger partial charge in [0, 0.05) is 26.4 Å². The highest BCUT2D eigenvalue weighted by Crippen LogP contribution is 2.39. The Kier molecular flexibility index (Phi) is 21.5. The van der Waals surface area contributed by atoms with Gasteiger partial charge in [-0.25, -0.2) is 0 Å². The van der Waals surface area contributed by atoms with Crippen LogP contribution in [0, 0.1) is 5.92 Å². The molecule has 2 aliphatic rings. The average Bonchev–Trinajstić information content (AvgIpc) is 3.26. The summed E-state index contributed by atoms with van der Waals surface area (Å²) in [6, 6.07) is 27.1. The fourth-order valence-electron chi connectivity index (χ4n) is 8.22. The van der Waals surface area contributed by atoms with Crippen LogP contribution >= 0.6 is 0 Å². The topological polar surface area (TPSA) is 198 Å². The number of unbranched alkanes of at least 4 members (excludes halogenated alkanes) is 5. The largest absolute Gasteiger partial charge is 0.457 e. The Morgan fingerprint density at radius 2 is 1.21 bits per heavy atom. The van der Waals surface area contributed by atoms with Crippen LogP contribution in [0.3, 0.4) is 0 Å². The van der Waals surface area contributed by atoms with Crippen LogP contribution in [-0.2, 0) is 91.2 Å². The van der Waals surface area contributed by atoms with E-state index in [4.69, 9.17) is 41.5 Å². The number of hydrogen-bond donors (Lipinski definition) is 1. The summed E-state index contributed by atoms with van der Waals surface area (Å²) in [5.74, 6) is -2.18. The standard InChI is InChI=1S/C48H67NO15S2/c1-6-7-8-9-10-20-27-57-48-42(49-34(2)50)46(44(58-30-37-23-16-12-17-24-37)41(63-48)33-56-29-36-21-14-11-15-22-36)62-40-28-39(32-60-65(4,52)53)43(64-66(5,54)55)47(45(40)61-35(3)51)59-31-38-25-18-13-19-26-38/h11-19,21-26,39-48H,6-10,20,27-33H2,1-5H3,(H,49,50)/t39-,40-,41-,42-,43-,44-,45+,46-,47+,48-/m1/s1. The minimum atomic E-state index is -4.23. The van der Waals surface area contributed by atoms with E-state index in [-0.39, 0.29) is 32.8 Å². The number of ether oxygens (including phenoxy) is 7. The van der Waals surface area contributed by atoms with Gasteiger partial charge in [0.15, 0.2) is 12.4 Å². The molecule has 1 saturated heterocycles. The normalized spacial score (nSPS) is 25.8. The molecule has 1 N–H and O–H groups in total. The molecule has 366 valence electrons. The van der Waals surface area contributed by atoms with Crippen LogP contribution in [0.4, 0.5) is 0 Å². The molecule has 0 spiro atoms. The van der Waals surface area contributed by atoms with E-state index in [0.717, 1.165) is 62.2 Å². The molecule has 3 aromatic rings. The van der Waals surface area contributed by atoms with Crippen molar-refractivity contribution in [2.24, 2.45) is 5.92 Å². The number of carbonyl (C=O) groups is 2. The minimum absolute atomic E-state index is 0.00777. The molecule has 10 atom stereocenters. The van der Waals surface area contributed by atoms with Crippen LogP contribution in [-0.4, -0.2) is 116 Å². The summed E-state index contributed by atoms with van der Waals surface area (Å²) in [4.78, 5) is 26.2. The molecule has 0 radical (unpaired) electrons. The minimum Gasteiger partial charge on any atom is -0.457 e. The van der Waals surface area contributed by atoms with Crippen molar-refractivity contribution in [3.8, 4) is 0 Å². The van der Waals surface area contributed by atoms with E-state index in [9.17, 15) is 26.4 Å². The molecule has 0 aromatic heterocycles. The molecule has 66 heavy (non-hydrogen) atoms. The molecule has 3 aromatic carbocycles. The summed E-state index contributed by atoms with van der Waals surface area (Å²) in [6.07, 6.45) is -1.69. The summed E-state index contributed by atoms with van der Waals surface area (Å²) >= 11 is 0. The van der Waals surface area contributed by atoms with Crippen LogP contribution in [0.15, 0.2) is 91.0 Å². The first kappa shape index (κ1) is 53.1. The smallest absolute Gasteiger partial charge is 0.303 e. The molecule has 0 unspecified atom stereocenters. The second-order valence-corrected chi connectivity index (χ2v) is 20.1. The number of rotatable bonds is 27. The zero-order chi connectivity index (χ0) is 47.5. The van der Waals surface area contributed by atoms with Gasteiger partial charge in [0.05, 0.1) is 51.6 Å². The number of nitrogens with one attached hydrogen (secondary N) is 1. The summed E-state index contributed by atoms with van der Waals surface area (Å²) in [5.41, 5.74) is 2.47. The zero-order valence-corrected chi connectivity index (χ0v) is 40.2. The molecule has 1 aliphatic carbocycles. The van der Waals surface area contributed by atoms with Crippen molar-refractivity contribution < 1.29 is 67.9 Å². The third-order valence-electron chi connectivity index (χ3n) is 11.2. The molecule has 1 saturated carbocycles. The highest BCUT2D eigenvalue weighted by Gasteiger charge is 2.55. The lowest BCUT2D eigenvalue weighted by Gasteiger charge is -2.50. The van der Waals surface area contributed by atoms with Gasteiger partial charge in [-0.3, -0.25) is 18.0 Å². The van der Waals surface area contributed by atoms with Gasteiger partial charge in [-0.1, -0.05) is 130 Å². The van der Waals surface area contributed by atoms with Crippen LogP contribution in [0.2, 0.25) is 0 Å². The van der Waals surface area contributed by atoms with Crippen LogP contribution in [0.25, 0.3) is 0 Å². The molecular weight excluding hydrogens is 895 g/mol. The first-order valence-corrected chi connectivity index (χ1v) is 26.3. The van der Waals surface area contributed by atoms with Crippen molar-refractivity contribution in [2.75, 3.05) is 32.3 Å².